The molecule has 4 rings (SSSR count). The van der Waals surface area contributed by atoms with Gasteiger partial charge in [-0.15, -0.1) is 0 Å². The highest BCUT2D eigenvalue weighted by atomic mass is 19.4. The zero-order valence-electron chi connectivity index (χ0n) is 13.3. The molecule has 0 unspecified atom stereocenters. The number of nitrogens with one attached hydrogen (secondary N) is 1. The van der Waals surface area contributed by atoms with Gasteiger partial charge in [-0.2, -0.15) is 18.3 Å². The summed E-state index contributed by atoms with van der Waals surface area (Å²) in [6, 6.07) is 8.78. The molecule has 0 amide bonds. The van der Waals surface area contributed by atoms with Crippen molar-refractivity contribution in [1.82, 2.24) is 19.6 Å². The quantitative estimate of drug-likeness (QED) is 0.596. The highest BCUT2D eigenvalue weighted by Gasteiger charge is 2.32. The maximum atomic E-state index is 12.9. The first-order chi connectivity index (χ1) is 12.4. The third-order valence-electron chi connectivity index (χ3n) is 3.97. The lowest BCUT2D eigenvalue weighted by atomic mass is 10.1. The van der Waals surface area contributed by atoms with E-state index in [0.717, 1.165) is 12.3 Å². The van der Waals surface area contributed by atoms with Crippen LogP contribution in [0.4, 0.5) is 13.2 Å². The lowest BCUT2D eigenvalue weighted by molar-refractivity contribution is -0.141. The van der Waals surface area contributed by atoms with Crippen LogP contribution >= 0.6 is 0 Å². The van der Waals surface area contributed by atoms with Crippen LogP contribution in [0.5, 0.6) is 5.75 Å². The summed E-state index contributed by atoms with van der Waals surface area (Å²) >= 11 is 0. The maximum absolute atomic E-state index is 12.9. The molecule has 3 heterocycles. The number of alkyl halides is 3. The maximum Gasteiger partial charge on any atom is 0.433 e. The third kappa shape index (κ3) is 2.57. The topological polar surface area (TPSA) is 72.3 Å². The summed E-state index contributed by atoms with van der Waals surface area (Å²) in [7, 11) is 1.49. The van der Waals surface area contributed by atoms with Crippen LogP contribution in [0.2, 0.25) is 0 Å². The smallest absolute Gasteiger partial charge is 0.433 e. The highest BCUT2D eigenvalue weighted by molar-refractivity contribution is 5.82. The molecular weight excluding hydrogens is 349 g/mol. The van der Waals surface area contributed by atoms with Crippen molar-refractivity contribution in [2.24, 2.45) is 0 Å². The number of hydrogen-bond acceptors (Lipinski definition) is 4. The standard InChI is InChI=1S/C17H11F3N4O2/c1-26-10-2-3-13-11(7-10)16(25)22-15-8-12(23-24(13)15)9-4-5-21-14(6-9)17(18,19)20/h2-8H,1H3,(H,22,25). The predicted octanol–water partition coefficient (Wildman–Crippen LogP) is 3.27. The molecule has 132 valence electrons. The molecule has 0 radical (unpaired) electrons. The summed E-state index contributed by atoms with van der Waals surface area (Å²) in [5.74, 6) is 0.513. The molecule has 0 bridgehead atoms. The second-order valence-corrected chi connectivity index (χ2v) is 5.59. The van der Waals surface area contributed by atoms with Crippen molar-refractivity contribution in [3.05, 3.63) is 58.6 Å². The molecule has 3 aromatic heterocycles. The number of pyridine rings is 1. The normalized spacial score (nSPS) is 12.0. The van der Waals surface area contributed by atoms with Gasteiger partial charge in [0.1, 0.15) is 17.1 Å². The Morgan fingerprint density at radius 1 is 1.15 bits per heavy atom. The van der Waals surface area contributed by atoms with Gasteiger partial charge < -0.3 is 9.72 Å². The van der Waals surface area contributed by atoms with E-state index in [2.05, 4.69) is 15.1 Å². The van der Waals surface area contributed by atoms with Gasteiger partial charge in [0.25, 0.3) is 5.56 Å². The number of hydrogen-bond donors (Lipinski definition) is 1. The zero-order chi connectivity index (χ0) is 18.5. The number of nitrogens with zero attached hydrogens (tertiary/aromatic N) is 3. The molecule has 1 aromatic carbocycles. The van der Waals surface area contributed by atoms with Gasteiger partial charge in [0, 0.05) is 17.8 Å². The molecule has 0 saturated heterocycles. The van der Waals surface area contributed by atoms with E-state index in [0.29, 0.717) is 22.3 Å². The van der Waals surface area contributed by atoms with Crippen LogP contribution in [-0.4, -0.2) is 26.7 Å². The Kier molecular flexibility index (Phi) is 3.46. The molecule has 9 heteroatoms. The minimum atomic E-state index is -4.55. The van der Waals surface area contributed by atoms with Crippen LogP contribution in [0.25, 0.3) is 27.8 Å². The SMILES string of the molecule is COc1ccc2c(c1)c(=O)[nH]c1cc(-c3ccnc(C(F)(F)F)c3)nn12. The zero-order valence-corrected chi connectivity index (χ0v) is 13.3. The van der Waals surface area contributed by atoms with E-state index in [1.165, 1.54) is 23.8 Å². The minimum Gasteiger partial charge on any atom is -0.497 e. The summed E-state index contributed by atoms with van der Waals surface area (Å²) in [6.45, 7) is 0. The van der Waals surface area contributed by atoms with Gasteiger partial charge >= 0.3 is 6.18 Å². The van der Waals surface area contributed by atoms with E-state index in [4.69, 9.17) is 4.74 Å². The number of rotatable bonds is 2. The van der Waals surface area contributed by atoms with Crippen LogP contribution < -0.4 is 10.3 Å². The van der Waals surface area contributed by atoms with Crippen LogP contribution in [0.15, 0.2) is 47.4 Å². The van der Waals surface area contributed by atoms with Crippen molar-refractivity contribution in [1.29, 1.82) is 0 Å². The Hall–Kier alpha value is -3.36. The molecule has 0 saturated carbocycles. The Morgan fingerprint density at radius 3 is 2.69 bits per heavy atom. The molecular formula is C17H11F3N4O2. The van der Waals surface area contributed by atoms with E-state index in [1.807, 2.05) is 0 Å². The van der Waals surface area contributed by atoms with Crippen LogP contribution in [0.3, 0.4) is 0 Å². The van der Waals surface area contributed by atoms with Gasteiger partial charge in [0.15, 0.2) is 0 Å². The van der Waals surface area contributed by atoms with Crippen LogP contribution in [0.1, 0.15) is 5.69 Å². The Morgan fingerprint density at radius 2 is 1.96 bits per heavy atom. The number of fused-ring (bicyclic) bond motifs is 3. The highest BCUT2D eigenvalue weighted by Crippen LogP contribution is 2.30. The van der Waals surface area contributed by atoms with Crippen LogP contribution in [-0.2, 0) is 6.18 Å². The van der Waals surface area contributed by atoms with Gasteiger partial charge in [-0.3, -0.25) is 9.78 Å². The molecule has 0 aliphatic carbocycles. The minimum absolute atomic E-state index is 0.249. The average Bonchev–Trinajstić information content (AvgIpc) is 3.05. The summed E-state index contributed by atoms with van der Waals surface area (Å²) in [6.07, 6.45) is -3.47. The number of methoxy groups -OCH3 is 1. The summed E-state index contributed by atoms with van der Waals surface area (Å²) < 4.78 is 45.2. The van der Waals surface area contributed by atoms with Gasteiger partial charge in [-0.1, -0.05) is 0 Å². The van der Waals surface area contributed by atoms with Gasteiger partial charge in [0.2, 0.25) is 0 Å². The van der Waals surface area contributed by atoms with E-state index >= 15 is 0 Å². The van der Waals surface area contributed by atoms with Crippen molar-refractivity contribution in [2.75, 3.05) is 7.11 Å². The number of ether oxygens (including phenoxy) is 1. The fourth-order valence-corrected chi connectivity index (χ4v) is 2.73. The van der Waals surface area contributed by atoms with Crippen molar-refractivity contribution in [2.45, 2.75) is 6.18 Å². The summed E-state index contributed by atoms with van der Waals surface area (Å²) in [5.41, 5.74) is 0.0723. The molecule has 0 aliphatic heterocycles. The summed E-state index contributed by atoms with van der Waals surface area (Å²) in [5, 5.41) is 4.70. The first-order valence-corrected chi connectivity index (χ1v) is 7.50. The van der Waals surface area contributed by atoms with E-state index < -0.39 is 11.9 Å². The number of aromatic nitrogens is 4. The molecule has 0 aliphatic rings. The van der Waals surface area contributed by atoms with Crippen molar-refractivity contribution >= 4 is 16.6 Å². The van der Waals surface area contributed by atoms with Gasteiger partial charge in [0.05, 0.1) is 23.7 Å². The van der Waals surface area contributed by atoms with Gasteiger partial charge in [-0.25, -0.2) is 4.52 Å². The van der Waals surface area contributed by atoms with Crippen molar-refractivity contribution in [3.8, 4) is 17.0 Å². The fraction of sp³-hybridized carbons (Fsp3) is 0.118. The molecule has 0 fully saturated rings. The van der Waals surface area contributed by atoms with Gasteiger partial charge in [-0.05, 0) is 30.3 Å². The molecule has 0 atom stereocenters. The van der Waals surface area contributed by atoms with Crippen molar-refractivity contribution < 1.29 is 17.9 Å². The Balaban J connectivity index is 1.94. The molecule has 26 heavy (non-hydrogen) atoms. The Labute approximate surface area is 143 Å². The Bertz CT molecular complexity index is 1190. The lowest BCUT2D eigenvalue weighted by Gasteiger charge is -2.06. The second-order valence-electron chi connectivity index (χ2n) is 5.59. The van der Waals surface area contributed by atoms with E-state index in [1.54, 1.807) is 18.2 Å². The first-order valence-electron chi connectivity index (χ1n) is 7.50. The number of halogens is 3. The van der Waals surface area contributed by atoms with E-state index in [9.17, 15) is 18.0 Å². The second kappa shape index (κ2) is 5.58. The third-order valence-corrected chi connectivity index (χ3v) is 3.97. The monoisotopic (exact) mass is 360 g/mol. The fourth-order valence-electron chi connectivity index (χ4n) is 2.73. The molecule has 4 aromatic rings. The first kappa shape index (κ1) is 16.1. The molecule has 0 spiro atoms. The molecule has 1 N–H and O–H groups in total. The average molecular weight is 360 g/mol. The predicted molar refractivity (Wildman–Crippen MR) is 88.1 cm³/mol. The molecule has 6 nitrogen and oxygen atoms in total. The van der Waals surface area contributed by atoms with Crippen LogP contribution in [0, 0.1) is 0 Å². The van der Waals surface area contributed by atoms with E-state index in [-0.39, 0.29) is 16.8 Å². The van der Waals surface area contributed by atoms with Crippen molar-refractivity contribution in [3.63, 3.8) is 0 Å². The number of H-pyrrole nitrogens is 1. The summed E-state index contributed by atoms with van der Waals surface area (Å²) in [4.78, 5) is 18.3. The number of benzene rings is 1. The number of aromatic amines is 1. The largest absolute Gasteiger partial charge is 0.497 e. The lowest BCUT2D eigenvalue weighted by Crippen LogP contribution is -2.10.